The summed E-state index contributed by atoms with van der Waals surface area (Å²) in [6, 6.07) is 21.9. The quantitative estimate of drug-likeness (QED) is 0.0299. The highest BCUT2D eigenvalue weighted by molar-refractivity contribution is 5.94. The Bertz CT molecular complexity index is 2870. The maximum atomic E-state index is 14.9. The van der Waals surface area contributed by atoms with E-state index in [4.69, 9.17) is 32.9 Å². The molecule has 7 rings (SSSR count). The summed E-state index contributed by atoms with van der Waals surface area (Å²) in [6.45, 7) is 6.24. The van der Waals surface area contributed by atoms with Crippen LogP contribution in [0.4, 0.5) is 28.9 Å². The highest BCUT2D eigenvalue weighted by atomic mass is 19.4. The number of fused-ring (bicyclic) bond motifs is 1. The number of rotatable bonds is 25. The van der Waals surface area contributed by atoms with Crippen molar-refractivity contribution in [3.05, 3.63) is 118 Å². The molecule has 1 aliphatic rings. The maximum Gasteiger partial charge on any atom is 0.406 e. The van der Waals surface area contributed by atoms with Crippen molar-refractivity contribution in [3.8, 4) is 40.2 Å². The normalized spacial score (nSPS) is 14.9. The molecule has 3 N–H and O–H groups in total. The second kappa shape index (κ2) is 26.1. The number of anilines is 2. The molecule has 0 bridgehead atoms. The summed E-state index contributed by atoms with van der Waals surface area (Å²) in [5.74, 6) is 7.74. The van der Waals surface area contributed by atoms with Crippen molar-refractivity contribution in [2.45, 2.75) is 51.7 Å². The van der Waals surface area contributed by atoms with Gasteiger partial charge in [-0.2, -0.15) is 13.2 Å². The Kier molecular flexibility index (Phi) is 19.2. The van der Waals surface area contributed by atoms with Crippen LogP contribution in [0.2, 0.25) is 0 Å². The van der Waals surface area contributed by atoms with Crippen LogP contribution in [0.25, 0.3) is 22.0 Å². The summed E-state index contributed by atoms with van der Waals surface area (Å²) >= 11 is 0. The number of nitrogens with one attached hydrogen (secondary N) is 3. The third-order valence-corrected chi connectivity index (χ3v) is 11.9. The number of halogens is 4. The van der Waals surface area contributed by atoms with E-state index in [2.05, 4.69) is 32.9 Å². The van der Waals surface area contributed by atoms with Crippen LogP contribution in [-0.4, -0.2) is 137 Å². The number of nitrogens with zero attached hydrogens (tertiary/aromatic N) is 4. The second-order valence-electron chi connectivity index (χ2n) is 17.4. The van der Waals surface area contributed by atoms with Gasteiger partial charge < -0.3 is 62.9 Å². The minimum Gasteiger partial charge on any atom is -0.494 e. The molecule has 2 atom stereocenters. The Labute approximate surface area is 420 Å². The van der Waals surface area contributed by atoms with E-state index >= 15 is 0 Å². The number of alkyl halides is 4. The van der Waals surface area contributed by atoms with E-state index in [1.165, 1.54) is 13.2 Å². The Morgan fingerprint density at radius 3 is 2.38 bits per heavy atom. The number of ether oxygens (including phenoxy) is 6. The van der Waals surface area contributed by atoms with Crippen LogP contribution in [-0.2, 0) is 32.1 Å². The van der Waals surface area contributed by atoms with Gasteiger partial charge in [0.25, 0.3) is 11.5 Å². The molecule has 0 radical (unpaired) electrons. The fourth-order valence-electron chi connectivity index (χ4n) is 8.32. The summed E-state index contributed by atoms with van der Waals surface area (Å²) < 4.78 is 97.9. The highest BCUT2D eigenvalue weighted by Crippen LogP contribution is 2.33. The van der Waals surface area contributed by atoms with Crippen LogP contribution in [0.1, 0.15) is 29.1 Å². The fraction of sp³-hybridized carbons (Fsp3) is 0.415. The highest BCUT2D eigenvalue weighted by Gasteiger charge is 2.31. The number of methoxy groups -OCH3 is 1. The lowest BCUT2D eigenvalue weighted by Gasteiger charge is -2.33. The molecule has 0 saturated carbocycles. The minimum atomic E-state index is -4.48. The molecular formula is C53H61F4N7O9. The molecule has 1 aliphatic heterocycles. The summed E-state index contributed by atoms with van der Waals surface area (Å²) in [5, 5.41) is 13.7. The third-order valence-electron chi connectivity index (χ3n) is 11.9. The number of hydrogen-bond donors (Lipinski definition) is 3. The number of likely N-dealkylation sites (tertiary alicyclic amines) is 1. The Balaban J connectivity index is 0.741. The third kappa shape index (κ3) is 15.7. The molecule has 3 aromatic heterocycles. The van der Waals surface area contributed by atoms with Gasteiger partial charge in [-0.05, 0) is 87.3 Å². The van der Waals surface area contributed by atoms with Gasteiger partial charge in [0.15, 0.2) is 6.61 Å². The van der Waals surface area contributed by atoms with Gasteiger partial charge in [0.05, 0.1) is 88.5 Å². The molecule has 4 heterocycles. The fourth-order valence-corrected chi connectivity index (χ4v) is 8.32. The van der Waals surface area contributed by atoms with Crippen molar-refractivity contribution < 1.29 is 55.3 Å². The SMILES string of the molecule is COc1cc(OCCOCCOCCOCCNC(=O)COc2cccc(Cn3cc(-c4c(C)noc4C)ccc3=O)c2)ccc1NCC#Cc1cc2c(N[C@@H]3CCN(C)C[C@@H]3F)cccc2n1CC(F)(F)F. The first-order valence-electron chi connectivity index (χ1n) is 23.9. The topological polar surface area (TPSA) is 165 Å². The number of piperidine rings is 1. The van der Waals surface area contributed by atoms with Crippen LogP contribution >= 0.6 is 0 Å². The summed E-state index contributed by atoms with van der Waals surface area (Å²) in [7, 11) is 3.37. The lowest BCUT2D eigenvalue weighted by atomic mass is 10.0. The minimum absolute atomic E-state index is 0.111. The number of aromatic nitrogens is 3. The van der Waals surface area contributed by atoms with Crippen molar-refractivity contribution in [2.75, 3.05) is 104 Å². The first kappa shape index (κ1) is 53.7. The maximum absolute atomic E-state index is 14.9. The molecule has 20 heteroatoms. The molecular weight excluding hydrogens is 955 g/mol. The van der Waals surface area contributed by atoms with Gasteiger partial charge in [0.1, 0.15) is 42.3 Å². The number of carbonyl (C=O) groups is 1. The zero-order chi connectivity index (χ0) is 51.7. The van der Waals surface area contributed by atoms with Crippen LogP contribution in [0.3, 0.4) is 0 Å². The van der Waals surface area contributed by atoms with Gasteiger partial charge in [-0.3, -0.25) is 9.59 Å². The van der Waals surface area contributed by atoms with Crippen molar-refractivity contribution in [3.63, 3.8) is 0 Å². The molecule has 73 heavy (non-hydrogen) atoms. The number of benzene rings is 3. The lowest BCUT2D eigenvalue weighted by molar-refractivity contribution is -0.140. The molecule has 16 nitrogen and oxygen atoms in total. The first-order valence-corrected chi connectivity index (χ1v) is 23.9. The molecule has 1 amide bonds. The van der Waals surface area contributed by atoms with Crippen molar-refractivity contribution in [1.29, 1.82) is 0 Å². The first-order chi connectivity index (χ1) is 35.2. The van der Waals surface area contributed by atoms with Gasteiger partial charge in [0, 0.05) is 60.2 Å². The standard InChI is InChI=1S/C53H61F4N7O9/c1-36-52(37(2)73-61-36)39-13-16-51(66)63(32-39)31-38-8-5-10-41(28-38)72-34-50(65)59-19-21-68-22-23-69-24-25-70-26-27-71-42-14-15-47(49(30-42)67-4)58-18-7-9-40-29-43-45(60-46-17-20-62(3)33-44(46)54)11-6-12-48(43)64(40)35-53(55,56)57/h5-6,8,10-16,28-30,32,44,46,58,60H,17-27,31,33-35H2,1-4H3,(H,59,65)/t44-,46+/m0/s1. The van der Waals surface area contributed by atoms with Crippen molar-refractivity contribution in [2.24, 2.45) is 0 Å². The number of aryl methyl sites for hydroxylation is 2. The monoisotopic (exact) mass is 1020 g/mol. The number of amides is 1. The number of carbonyl (C=O) groups excluding carboxylic acids is 1. The largest absolute Gasteiger partial charge is 0.494 e. The molecule has 1 saturated heterocycles. The van der Waals surface area contributed by atoms with E-state index < -0.39 is 24.9 Å². The van der Waals surface area contributed by atoms with E-state index in [9.17, 15) is 27.2 Å². The molecule has 3 aromatic carbocycles. The van der Waals surface area contributed by atoms with Gasteiger partial charge >= 0.3 is 6.18 Å². The van der Waals surface area contributed by atoms with E-state index in [-0.39, 0.29) is 43.5 Å². The van der Waals surface area contributed by atoms with E-state index in [1.54, 1.807) is 77.5 Å². The summed E-state index contributed by atoms with van der Waals surface area (Å²) in [5.41, 5.74) is 4.82. The van der Waals surface area contributed by atoms with E-state index in [1.807, 2.05) is 31.9 Å². The smallest absolute Gasteiger partial charge is 0.406 e. The molecule has 0 aliphatic carbocycles. The summed E-state index contributed by atoms with van der Waals surface area (Å²) in [4.78, 5) is 26.9. The zero-order valence-electron chi connectivity index (χ0n) is 41.3. The summed E-state index contributed by atoms with van der Waals surface area (Å²) in [6.07, 6.45) is -3.25. The average molecular weight is 1020 g/mol. The molecule has 0 unspecified atom stereocenters. The van der Waals surface area contributed by atoms with Gasteiger partial charge in [-0.25, -0.2) is 4.39 Å². The van der Waals surface area contributed by atoms with Gasteiger partial charge in [-0.1, -0.05) is 29.3 Å². The lowest BCUT2D eigenvalue weighted by Crippen LogP contribution is -2.46. The Morgan fingerprint density at radius 1 is 0.890 bits per heavy atom. The van der Waals surface area contributed by atoms with E-state index in [0.717, 1.165) is 27.0 Å². The Morgan fingerprint density at radius 2 is 1.64 bits per heavy atom. The molecule has 390 valence electrons. The van der Waals surface area contributed by atoms with E-state index in [0.29, 0.717) is 111 Å². The van der Waals surface area contributed by atoms with Gasteiger partial charge in [-0.15, -0.1) is 0 Å². The van der Waals surface area contributed by atoms with Crippen LogP contribution in [0.15, 0.2) is 94.4 Å². The van der Waals surface area contributed by atoms with Crippen molar-refractivity contribution >= 4 is 28.2 Å². The average Bonchev–Trinajstić information content (AvgIpc) is 3.89. The predicted octanol–water partition coefficient (Wildman–Crippen LogP) is 7.24. The van der Waals surface area contributed by atoms with Crippen LogP contribution in [0.5, 0.6) is 17.2 Å². The zero-order valence-corrected chi connectivity index (χ0v) is 41.3. The van der Waals surface area contributed by atoms with Crippen molar-refractivity contribution in [1.82, 2.24) is 24.5 Å². The second-order valence-corrected chi connectivity index (χ2v) is 17.4. The number of hydrogen-bond acceptors (Lipinski definition) is 13. The molecule has 0 spiro atoms. The number of pyridine rings is 1. The Hall–Kier alpha value is -7.05. The van der Waals surface area contributed by atoms with Crippen LogP contribution < -0.4 is 35.7 Å². The van der Waals surface area contributed by atoms with Crippen LogP contribution in [0, 0.1) is 25.7 Å². The van der Waals surface area contributed by atoms with Gasteiger partial charge in [0.2, 0.25) is 0 Å². The predicted molar refractivity (Wildman–Crippen MR) is 268 cm³/mol. The molecule has 6 aromatic rings. The molecule has 1 fully saturated rings.